The van der Waals surface area contributed by atoms with Gasteiger partial charge in [0.15, 0.2) is 0 Å². The molecule has 4 heterocycles. The van der Waals surface area contributed by atoms with Crippen LogP contribution < -0.4 is 5.32 Å². The fourth-order valence-corrected chi connectivity index (χ4v) is 3.80. The van der Waals surface area contributed by atoms with Crippen molar-refractivity contribution in [3.8, 4) is 10.6 Å². The van der Waals surface area contributed by atoms with Crippen LogP contribution in [0.3, 0.4) is 0 Å². The van der Waals surface area contributed by atoms with Crippen molar-refractivity contribution in [3.63, 3.8) is 0 Å². The Labute approximate surface area is 149 Å². The van der Waals surface area contributed by atoms with E-state index in [-0.39, 0.29) is 11.8 Å². The van der Waals surface area contributed by atoms with Gasteiger partial charge in [0.1, 0.15) is 17.2 Å². The fourth-order valence-electron chi connectivity index (χ4n) is 2.95. The first-order valence-corrected chi connectivity index (χ1v) is 9.17. The number of aromatic nitrogens is 5. The van der Waals surface area contributed by atoms with Gasteiger partial charge in [0.2, 0.25) is 5.91 Å². The predicted molar refractivity (Wildman–Crippen MR) is 93.9 cm³/mol. The summed E-state index contributed by atoms with van der Waals surface area (Å²) in [5, 5.41) is 10.2. The van der Waals surface area contributed by atoms with E-state index in [2.05, 4.69) is 25.4 Å². The number of rotatable bonds is 5. The van der Waals surface area contributed by atoms with E-state index in [0.29, 0.717) is 13.1 Å². The molecular formula is C17H18N6OS. The predicted octanol–water partition coefficient (Wildman–Crippen LogP) is 1.72. The molecular weight excluding hydrogens is 336 g/mol. The molecule has 1 amide bonds. The fraction of sp³-hybridized carbons (Fsp3) is 0.353. The molecule has 0 aromatic carbocycles. The number of nitrogens with one attached hydrogen (secondary N) is 1. The second-order valence-corrected chi connectivity index (χ2v) is 6.88. The Morgan fingerprint density at radius 3 is 3.28 bits per heavy atom. The topological polar surface area (TPSA) is 85.6 Å². The van der Waals surface area contributed by atoms with Crippen LogP contribution in [0.2, 0.25) is 0 Å². The third-order valence-electron chi connectivity index (χ3n) is 4.32. The first kappa shape index (κ1) is 15.9. The Bertz CT molecular complexity index is 859. The average molecular weight is 354 g/mol. The second-order valence-electron chi connectivity index (χ2n) is 6.02. The first-order valence-electron chi connectivity index (χ1n) is 8.29. The van der Waals surface area contributed by atoms with E-state index in [9.17, 15) is 4.79 Å². The molecule has 1 unspecified atom stereocenters. The molecule has 25 heavy (non-hydrogen) atoms. The zero-order valence-electron chi connectivity index (χ0n) is 13.6. The van der Waals surface area contributed by atoms with Crippen LogP contribution in [0.15, 0.2) is 36.2 Å². The maximum atomic E-state index is 12.3. The molecule has 0 aliphatic carbocycles. The molecule has 3 aromatic rings. The van der Waals surface area contributed by atoms with Crippen LogP contribution >= 0.6 is 11.3 Å². The molecule has 1 atom stereocenters. The largest absolute Gasteiger partial charge is 0.355 e. The minimum atomic E-state index is -0.0319. The standard InChI is InChI=1S/C17H18N6OS/c24-16(13-3-4-15-20-11-21-23(15)9-13)19-7-5-14-10-25-17(22-14)12-2-1-6-18-8-12/h1-2,6,8,10-11,13H,3-5,7,9H2,(H,19,24). The number of fused-ring (bicyclic) bond motifs is 1. The van der Waals surface area contributed by atoms with Crippen molar-refractivity contribution in [2.45, 2.75) is 25.8 Å². The Hall–Kier alpha value is -2.61. The Morgan fingerprint density at radius 2 is 2.40 bits per heavy atom. The molecule has 0 radical (unpaired) electrons. The van der Waals surface area contributed by atoms with E-state index in [4.69, 9.17) is 0 Å². The molecule has 0 spiro atoms. The third-order valence-corrected chi connectivity index (χ3v) is 5.26. The smallest absolute Gasteiger partial charge is 0.225 e. The van der Waals surface area contributed by atoms with Crippen LogP contribution in [0, 0.1) is 5.92 Å². The van der Waals surface area contributed by atoms with Gasteiger partial charge >= 0.3 is 0 Å². The average Bonchev–Trinajstić information content (AvgIpc) is 3.31. The molecule has 1 aliphatic rings. The van der Waals surface area contributed by atoms with Gasteiger partial charge in [-0.05, 0) is 18.6 Å². The van der Waals surface area contributed by atoms with Gasteiger partial charge in [0.25, 0.3) is 0 Å². The van der Waals surface area contributed by atoms with Crippen molar-refractivity contribution >= 4 is 17.2 Å². The van der Waals surface area contributed by atoms with E-state index in [1.807, 2.05) is 28.4 Å². The summed E-state index contributed by atoms with van der Waals surface area (Å²) in [5.41, 5.74) is 2.01. The summed E-state index contributed by atoms with van der Waals surface area (Å²) in [6.45, 7) is 1.21. The summed E-state index contributed by atoms with van der Waals surface area (Å²) in [5.74, 6) is 1.02. The van der Waals surface area contributed by atoms with Gasteiger partial charge in [0.05, 0.1) is 18.2 Å². The highest BCUT2D eigenvalue weighted by Gasteiger charge is 2.25. The van der Waals surface area contributed by atoms with Crippen LogP contribution in [0.25, 0.3) is 10.6 Å². The van der Waals surface area contributed by atoms with Crippen molar-refractivity contribution in [3.05, 3.63) is 47.8 Å². The highest BCUT2D eigenvalue weighted by Crippen LogP contribution is 2.22. The highest BCUT2D eigenvalue weighted by atomic mass is 32.1. The Kier molecular flexibility index (Phi) is 4.51. The van der Waals surface area contributed by atoms with Gasteiger partial charge in [-0.15, -0.1) is 11.3 Å². The lowest BCUT2D eigenvalue weighted by atomic mass is 9.99. The van der Waals surface area contributed by atoms with Gasteiger partial charge in [-0.25, -0.2) is 14.6 Å². The molecule has 1 N–H and O–H groups in total. The molecule has 0 saturated carbocycles. The van der Waals surface area contributed by atoms with Crippen LogP contribution in [-0.2, 0) is 24.2 Å². The van der Waals surface area contributed by atoms with E-state index in [0.717, 1.165) is 41.4 Å². The van der Waals surface area contributed by atoms with Crippen molar-refractivity contribution in [2.75, 3.05) is 6.54 Å². The lowest BCUT2D eigenvalue weighted by Gasteiger charge is -2.21. The number of carbonyl (C=O) groups is 1. The number of nitrogens with zero attached hydrogens (tertiary/aromatic N) is 5. The SMILES string of the molecule is O=C(NCCc1csc(-c2cccnc2)n1)C1CCc2ncnn2C1. The van der Waals surface area contributed by atoms with Gasteiger partial charge in [-0.3, -0.25) is 9.78 Å². The quantitative estimate of drug-likeness (QED) is 0.754. The van der Waals surface area contributed by atoms with Crippen LogP contribution in [-0.4, -0.2) is 37.2 Å². The second kappa shape index (κ2) is 7.10. The van der Waals surface area contributed by atoms with Gasteiger partial charge in [0, 0.05) is 42.7 Å². The summed E-state index contributed by atoms with van der Waals surface area (Å²) in [6, 6.07) is 3.90. The number of hydrogen-bond acceptors (Lipinski definition) is 6. The molecule has 1 aliphatic heterocycles. The van der Waals surface area contributed by atoms with Crippen molar-refractivity contribution in [1.29, 1.82) is 0 Å². The number of hydrogen-bond donors (Lipinski definition) is 1. The number of thiazole rings is 1. The molecule has 128 valence electrons. The number of aryl methyl sites for hydroxylation is 1. The normalized spacial score (nSPS) is 16.4. The minimum absolute atomic E-state index is 0.0319. The van der Waals surface area contributed by atoms with E-state index >= 15 is 0 Å². The summed E-state index contributed by atoms with van der Waals surface area (Å²) in [4.78, 5) is 25.3. The summed E-state index contributed by atoms with van der Waals surface area (Å²) in [7, 11) is 0. The molecule has 0 saturated heterocycles. The molecule has 7 nitrogen and oxygen atoms in total. The summed E-state index contributed by atoms with van der Waals surface area (Å²) < 4.78 is 1.83. The number of pyridine rings is 1. The monoisotopic (exact) mass is 354 g/mol. The van der Waals surface area contributed by atoms with Gasteiger partial charge < -0.3 is 5.32 Å². The highest BCUT2D eigenvalue weighted by molar-refractivity contribution is 7.13. The summed E-state index contributed by atoms with van der Waals surface area (Å²) in [6.07, 6.45) is 7.47. The maximum absolute atomic E-state index is 12.3. The van der Waals surface area contributed by atoms with E-state index in [1.54, 1.807) is 23.9 Å². The van der Waals surface area contributed by atoms with Crippen LogP contribution in [0.4, 0.5) is 0 Å². The van der Waals surface area contributed by atoms with Crippen LogP contribution in [0.1, 0.15) is 17.9 Å². The lowest BCUT2D eigenvalue weighted by molar-refractivity contribution is -0.126. The van der Waals surface area contributed by atoms with Crippen molar-refractivity contribution in [2.24, 2.45) is 5.92 Å². The van der Waals surface area contributed by atoms with E-state index in [1.165, 1.54) is 0 Å². The lowest BCUT2D eigenvalue weighted by Crippen LogP contribution is -2.37. The zero-order chi connectivity index (χ0) is 17.1. The van der Waals surface area contributed by atoms with Gasteiger partial charge in [-0.1, -0.05) is 0 Å². The molecule has 0 bridgehead atoms. The molecule has 3 aromatic heterocycles. The molecule has 8 heteroatoms. The van der Waals surface area contributed by atoms with Crippen molar-refractivity contribution < 1.29 is 4.79 Å². The Balaban J connectivity index is 1.28. The number of amides is 1. The van der Waals surface area contributed by atoms with E-state index < -0.39 is 0 Å². The zero-order valence-corrected chi connectivity index (χ0v) is 14.4. The van der Waals surface area contributed by atoms with Crippen molar-refractivity contribution in [1.82, 2.24) is 30.0 Å². The van der Waals surface area contributed by atoms with Crippen LogP contribution in [0.5, 0.6) is 0 Å². The summed E-state index contributed by atoms with van der Waals surface area (Å²) >= 11 is 1.60. The third kappa shape index (κ3) is 3.58. The first-order chi connectivity index (χ1) is 12.3. The molecule has 0 fully saturated rings. The number of carbonyl (C=O) groups excluding carboxylic acids is 1. The van der Waals surface area contributed by atoms with Gasteiger partial charge in [-0.2, -0.15) is 5.10 Å². The molecule has 4 rings (SSSR count). The minimum Gasteiger partial charge on any atom is -0.355 e. The Morgan fingerprint density at radius 1 is 1.44 bits per heavy atom. The maximum Gasteiger partial charge on any atom is 0.225 e.